The first kappa shape index (κ1) is 14.8. The van der Waals surface area contributed by atoms with Gasteiger partial charge in [-0.3, -0.25) is 9.59 Å². The Hall–Kier alpha value is -1.62. The van der Waals surface area contributed by atoms with Gasteiger partial charge >= 0.3 is 0 Å². The van der Waals surface area contributed by atoms with E-state index in [0.29, 0.717) is 25.0 Å². The quantitative estimate of drug-likeness (QED) is 0.870. The molecular formula is C15H23N3O2. The van der Waals surface area contributed by atoms with E-state index >= 15 is 0 Å². The van der Waals surface area contributed by atoms with Crippen molar-refractivity contribution < 1.29 is 4.79 Å². The van der Waals surface area contributed by atoms with Crippen LogP contribution >= 0.6 is 0 Å². The minimum atomic E-state index is -0.215. The van der Waals surface area contributed by atoms with Crippen LogP contribution in [0, 0.1) is 5.92 Å². The number of pyridine rings is 1. The topological polar surface area (TPSA) is 65.2 Å². The number of hydrogen-bond donors (Lipinski definition) is 2. The van der Waals surface area contributed by atoms with Crippen molar-refractivity contribution in [2.24, 2.45) is 5.92 Å². The van der Waals surface area contributed by atoms with Gasteiger partial charge in [-0.05, 0) is 25.3 Å². The summed E-state index contributed by atoms with van der Waals surface area (Å²) < 4.78 is 0. The maximum Gasteiger partial charge on any atom is 0.259 e. The lowest BCUT2D eigenvalue weighted by molar-refractivity contribution is 0.0643. The highest BCUT2D eigenvalue weighted by Gasteiger charge is 2.29. The van der Waals surface area contributed by atoms with Crippen LogP contribution in [0.4, 0.5) is 0 Å². The second-order valence-electron chi connectivity index (χ2n) is 5.50. The lowest BCUT2D eigenvalue weighted by Gasteiger charge is -2.37. The molecule has 5 heteroatoms. The molecule has 0 saturated carbocycles. The van der Waals surface area contributed by atoms with Crippen LogP contribution in [-0.4, -0.2) is 41.5 Å². The van der Waals surface area contributed by atoms with Crippen LogP contribution in [-0.2, 0) is 0 Å². The Morgan fingerprint density at radius 1 is 1.55 bits per heavy atom. The van der Waals surface area contributed by atoms with Crippen LogP contribution in [0.15, 0.2) is 23.3 Å². The average molecular weight is 277 g/mol. The molecular weight excluding hydrogens is 254 g/mol. The van der Waals surface area contributed by atoms with E-state index in [0.717, 1.165) is 19.4 Å². The molecule has 0 aromatic carbocycles. The summed E-state index contributed by atoms with van der Waals surface area (Å²) in [4.78, 5) is 28.7. The van der Waals surface area contributed by atoms with Gasteiger partial charge in [0.25, 0.3) is 5.91 Å². The van der Waals surface area contributed by atoms with Gasteiger partial charge < -0.3 is 15.2 Å². The predicted molar refractivity (Wildman–Crippen MR) is 78.8 cm³/mol. The molecule has 1 amide bonds. The fraction of sp³-hybridized carbons (Fsp3) is 0.600. The van der Waals surface area contributed by atoms with E-state index in [1.54, 1.807) is 11.1 Å². The second kappa shape index (κ2) is 6.70. The number of nitrogens with zero attached hydrogens (tertiary/aromatic N) is 1. The van der Waals surface area contributed by atoms with Gasteiger partial charge in [-0.2, -0.15) is 0 Å². The summed E-state index contributed by atoms with van der Waals surface area (Å²) in [5.74, 6) is 0.245. The highest BCUT2D eigenvalue weighted by Crippen LogP contribution is 2.18. The zero-order valence-corrected chi connectivity index (χ0v) is 12.2. The van der Waals surface area contributed by atoms with E-state index in [1.807, 2.05) is 0 Å². The molecule has 1 aromatic heterocycles. The molecule has 0 bridgehead atoms. The number of amides is 1. The lowest BCUT2D eigenvalue weighted by Crippen LogP contribution is -2.50. The van der Waals surface area contributed by atoms with Gasteiger partial charge in [0.15, 0.2) is 5.43 Å². The summed E-state index contributed by atoms with van der Waals surface area (Å²) in [5.41, 5.74) is 0.0206. The van der Waals surface area contributed by atoms with E-state index in [9.17, 15) is 9.59 Å². The third-order valence-corrected chi connectivity index (χ3v) is 3.90. The molecule has 1 aromatic rings. The molecule has 1 aliphatic rings. The maximum atomic E-state index is 12.4. The summed E-state index contributed by atoms with van der Waals surface area (Å²) in [7, 11) is 0. The number of piperidine rings is 1. The monoisotopic (exact) mass is 277 g/mol. The fourth-order valence-corrected chi connectivity index (χ4v) is 2.72. The smallest absolute Gasteiger partial charge is 0.259 e. The number of likely N-dealkylation sites (tertiary alicyclic amines) is 1. The largest absolute Gasteiger partial charge is 0.367 e. The Bertz CT molecular complexity index is 512. The Balaban J connectivity index is 2.01. The van der Waals surface area contributed by atoms with Crippen LogP contribution < -0.4 is 10.7 Å². The van der Waals surface area contributed by atoms with Gasteiger partial charge in [0, 0.05) is 37.6 Å². The molecule has 110 valence electrons. The van der Waals surface area contributed by atoms with Crippen LogP contribution in [0.2, 0.25) is 0 Å². The molecule has 2 heterocycles. The number of H-pyrrole nitrogens is 1. The van der Waals surface area contributed by atoms with Crippen molar-refractivity contribution >= 4 is 5.91 Å². The van der Waals surface area contributed by atoms with Crippen LogP contribution in [0.1, 0.15) is 37.0 Å². The predicted octanol–water partition coefficient (Wildman–Crippen LogP) is 1.23. The molecule has 0 aliphatic carbocycles. The van der Waals surface area contributed by atoms with Gasteiger partial charge in [0.1, 0.15) is 5.56 Å². The Morgan fingerprint density at radius 2 is 2.35 bits per heavy atom. The Kier molecular flexibility index (Phi) is 4.95. The Morgan fingerprint density at radius 3 is 3.00 bits per heavy atom. The normalized spacial score (nSPS) is 22.8. The van der Waals surface area contributed by atoms with Crippen molar-refractivity contribution in [3.8, 4) is 0 Å². The van der Waals surface area contributed by atoms with Crippen LogP contribution in [0.25, 0.3) is 0 Å². The average Bonchev–Trinajstić information content (AvgIpc) is 2.46. The zero-order chi connectivity index (χ0) is 14.5. The van der Waals surface area contributed by atoms with Crippen molar-refractivity contribution in [2.75, 3.05) is 19.6 Å². The van der Waals surface area contributed by atoms with E-state index < -0.39 is 0 Å². The SMILES string of the molecule is CCCNC1CCN(C(=O)c2c[nH]ccc2=O)CC1C. The fourth-order valence-electron chi connectivity index (χ4n) is 2.72. The van der Waals surface area contributed by atoms with Crippen molar-refractivity contribution in [2.45, 2.75) is 32.7 Å². The number of hydrogen-bond acceptors (Lipinski definition) is 3. The molecule has 2 unspecified atom stereocenters. The number of aromatic amines is 1. The molecule has 1 fully saturated rings. The first-order chi connectivity index (χ1) is 9.63. The summed E-state index contributed by atoms with van der Waals surface area (Å²) in [6, 6.07) is 1.86. The number of nitrogens with one attached hydrogen (secondary N) is 2. The van der Waals surface area contributed by atoms with Gasteiger partial charge in [0.05, 0.1) is 0 Å². The molecule has 2 atom stereocenters. The van der Waals surface area contributed by atoms with Gasteiger partial charge in [0.2, 0.25) is 0 Å². The molecule has 1 saturated heterocycles. The third-order valence-electron chi connectivity index (χ3n) is 3.90. The Labute approximate surface area is 119 Å². The number of carbonyl (C=O) groups is 1. The zero-order valence-electron chi connectivity index (χ0n) is 12.2. The lowest BCUT2D eigenvalue weighted by atomic mass is 9.93. The van der Waals surface area contributed by atoms with Crippen LogP contribution in [0.3, 0.4) is 0 Å². The van der Waals surface area contributed by atoms with Gasteiger partial charge in [-0.1, -0.05) is 13.8 Å². The first-order valence-electron chi connectivity index (χ1n) is 7.33. The van der Waals surface area contributed by atoms with Gasteiger partial charge in [-0.25, -0.2) is 0 Å². The van der Waals surface area contributed by atoms with Gasteiger partial charge in [-0.15, -0.1) is 0 Å². The molecule has 2 N–H and O–H groups in total. The van der Waals surface area contributed by atoms with Crippen molar-refractivity contribution in [3.63, 3.8) is 0 Å². The van der Waals surface area contributed by atoms with Crippen LogP contribution in [0.5, 0.6) is 0 Å². The molecule has 5 nitrogen and oxygen atoms in total. The number of rotatable bonds is 4. The highest BCUT2D eigenvalue weighted by molar-refractivity contribution is 5.93. The molecule has 0 radical (unpaired) electrons. The summed E-state index contributed by atoms with van der Waals surface area (Å²) in [6.45, 7) is 6.73. The molecule has 1 aliphatic heterocycles. The summed E-state index contributed by atoms with van der Waals surface area (Å²) >= 11 is 0. The third kappa shape index (κ3) is 3.28. The maximum absolute atomic E-state index is 12.4. The molecule has 20 heavy (non-hydrogen) atoms. The number of aromatic nitrogens is 1. The highest BCUT2D eigenvalue weighted by atomic mass is 16.2. The molecule has 2 rings (SSSR count). The van der Waals surface area contributed by atoms with Crippen molar-refractivity contribution in [3.05, 3.63) is 34.2 Å². The second-order valence-corrected chi connectivity index (χ2v) is 5.50. The van der Waals surface area contributed by atoms with E-state index in [2.05, 4.69) is 24.1 Å². The van der Waals surface area contributed by atoms with Crippen molar-refractivity contribution in [1.29, 1.82) is 0 Å². The standard InChI is InChI=1S/C15H23N3O2/c1-3-6-17-13-5-8-18(10-11(13)2)15(20)12-9-16-7-4-14(12)19/h4,7,9,11,13,17H,3,5-6,8,10H2,1-2H3,(H,16,19). The molecule has 0 spiro atoms. The summed E-state index contributed by atoms with van der Waals surface area (Å²) in [5, 5.41) is 3.53. The first-order valence-corrected chi connectivity index (χ1v) is 7.33. The minimum absolute atomic E-state index is 0.160. The minimum Gasteiger partial charge on any atom is -0.367 e. The number of carbonyl (C=O) groups excluding carboxylic acids is 1. The van der Waals surface area contributed by atoms with E-state index in [1.165, 1.54) is 12.3 Å². The van der Waals surface area contributed by atoms with Crippen molar-refractivity contribution in [1.82, 2.24) is 15.2 Å². The van der Waals surface area contributed by atoms with E-state index in [4.69, 9.17) is 0 Å². The van der Waals surface area contributed by atoms with E-state index in [-0.39, 0.29) is 16.9 Å². The summed E-state index contributed by atoms with van der Waals surface area (Å²) in [6.07, 6.45) is 5.10.